The van der Waals surface area contributed by atoms with Gasteiger partial charge in [0, 0.05) is 11.8 Å². The summed E-state index contributed by atoms with van der Waals surface area (Å²) in [5.41, 5.74) is 0.866. The zero-order chi connectivity index (χ0) is 15.4. The summed E-state index contributed by atoms with van der Waals surface area (Å²) >= 11 is 0. The Hall–Kier alpha value is -2.96. The van der Waals surface area contributed by atoms with E-state index in [0.29, 0.717) is 17.5 Å². The molecule has 3 rings (SSSR count). The van der Waals surface area contributed by atoms with Gasteiger partial charge in [-0.1, -0.05) is 5.16 Å². The van der Waals surface area contributed by atoms with Crippen LogP contribution in [0.4, 0.5) is 5.82 Å². The molecule has 7 nitrogen and oxygen atoms in total. The average molecular weight is 297 g/mol. The second-order valence-electron chi connectivity index (χ2n) is 4.65. The highest BCUT2D eigenvalue weighted by Crippen LogP contribution is 2.22. The molecule has 1 aromatic carbocycles. The van der Waals surface area contributed by atoms with Crippen LogP contribution < -0.4 is 10.1 Å². The van der Waals surface area contributed by atoms with E-state index in [1.807, 2.05) is 31.2 Å². The van der Waals surface area contributed by atoms with Gasteiger partial charge < -0.3 is 14.6 Å². The van der Waals surface area contributed by atoms with E-state index in [1.54, 1.807) is 19.4 Å². The zero-order valence-corrected chi connectivity index (χ0v) is 12.2. The summed E-state index contributed by atoms with van der Waals surface area (Å²) in [6.07, 6.45) is 3.14. The Labute approximate surface area is 127 Å². The number of anilines is 1. The SMILES string of the molecule is COc1ccc(-c2noc([C@H](C)Nc3ccncn3)n2)cc1. The van der Waals surface area contributed by atoms with Crippen LogP contribution in [-0.2, 0) is 0 Å². The number of hydrogen-bond acceptors (Lipinski definition) is 7. The molecule has 0 saturated heterocycles. The molecule has 1 atom stereocenters. The third-order valence-electron chi connectivity index (χ3n) is 3.11. The molecular formula is C15H15N5O2. The molecule has 0 aliphatic rings. The minimum absolute atomic E-state index is 0.158. The lowest BCUT2D eigenvalue weighted by Gasteiger charge is -2.09. The molecule has 2 aromatic heterocycles. The molecule has 0 aliphatic heterocycles. The Bertz CT molecular complexity index is 727. The standard InChI is InChI=1S/C15H15N5O2/c1-10(18-13-7-8-16-9-17-13)15-19-14(20-22-15)11-3-5-12(21-2)6-4-11/h3-10H,1-2H3,(H,16,17,18)/t10-/m0/s1. The summed E-state index contributed by atoms with van der Waals surface area (Å²) in [6.45, 7) is 1.92. The van der Waals surface area contributed by atoms with Crippen LogP contribution in [0.1, 0.15) is 18.9 Å². The third-order valence-corrected chi connectivity index (χ3v) is 3.11. The molecule has 3 aromatic rings. The predicted octanol–water partition coefficient (Wildman–Crippen LogP) is 2.71. The number of nitrogens with one attached hydrogen (secondary N) is 1. The van der Waals surface area contributed by atoms with Gasteiger partial charge >= 0.3 is 0 Å². The first kappa shape index (κ1) is 14.0. The third kappa shape index (κ3) is 3.03. The molecule has 0 bridgehead atoms. The van der Waals surface area contributed by atoms with Crippen LogP contribution in [0.2, 0.25) is 0 Å². The molecule has 7 heteroatoms. The molecule has 1 N–H and O–H groups in total. The van der Waals surface area contributed by atoms with Gasteiger partial charge in [0.25, 0.3) is 0 Å². The smallest absolute Gasteiger partial charge is 0.249 e. The average Bonchev–Trinajstić information content (AvgIpc) is 3.06. The number of ether oxygens (including phenoxy) is 1. The van der Waals surface area contributed by atoms with Gasteiger partial charge in [0.15, 0.2) is 0 Å². The minimum Gasteiger partial charge on any atom is -0.497 e. The van der Waals surface area contributed by atoms with Crippen molar-refractivity contribution in [3.05, 3.63) is 48.7 Å². The fourth-order valence-corrected chi connectivity index (χ4v) is 1.93. The first-order valence-corrected chi connectivity index (χ1v) is 6.77. The van der Waals surface area contributed by atoms with Crippen molar-refractivity contribution in [2.45, 2.75) is 13.0 Å². The van der Waals surface area contributed by atoms with Gasteiger partial charge in [-0.15, -0.1) is 0 Å². The lowest BCUT2D eigenvalue weighted by Crippen LogP contribution is -2.08. The fraction of sp³-hybridized carbons (Fsp3) is 0.200. The molecular weight excluding hydrogens is 282 g/mol. The number of nitrogens with zero attached hydrogens (tertiary/aromatic N) is 4. The van der Waals surface area contributed by atoms with Gasteiger partial charge in [0.2, 0.25) is 11.7 Å². The van der Waals surface area contributed by atoms with Gasteiger partial charge in [-0.25, -0.2) is 9.97 Å². The van der Waals surface area contributed by atoms with Crippen LogP contribution in [0.25, 0.3) is 11.4 Å². The lowest BCUT2D eigenvalue weighted by atomic mass is 10.2. The van der Waals surface area contributed by atoms with E-state index in [9.17, 15) is 0 Å². The number of benzene rings is 1. The Balaban J connectivity index is 1.75. The van der Waals surface area contributed by atoms with Crippen molar-refractivity contribution in [2.75, 3.05) is 12.4 Å². The van der Waals surface area contributed by atoms with Crippen LogP contribution >= 0.6 is 0 Å². The quantitative estimate of drug-likeness (QED) is 0.774. The Morgan fingerprint density at radius 1 is 1.18 bits per heavy atom. The van der Waals surface area contributed by atoms with Crippen molar-refractivity contribution in [3.8, 4) is 17.1 Å². The predicted molar refractivity (Wildman–Crippen MR) is 80.4 cm³/mol. The molecule has 0 aliphatic carbocycles. The number of aromatic nitrogens is 4. The summed E-state index contributed by atoms with van der Waals surface area (Å²) in [7, 11) is 1.63. The van der Waals surface area contributed by atoms with Crippen LogP contribution in [0.5, 0.6) is 5.75 Å². The van der Waals surface area contributed by atoms with Crippen molar-refractivity contribution in [1.29, 1.82) is 0 Å². The summed E-state index contributed by atoms with van der Waals surface area (Å²) in [5.74, 6) is 2.51. The minimum atomic E-state index is -0.158. The summed E-state index contributed by atoms with van der Waals surface area (Å²) in [4.78, 5) is 12.4. The summed E-state index contributed by atoms with van der Waals surface area (Å²) in [5, 5.41) is 7.18. The van der Waals surface area contributed by atoms with Crippen molar-refractivity contribution in [1.82, 2.24) is 20.1 Å². The molecule has 0 spiro atoms. The van der Waals surface area contributed by atoms with E-state index in [1.165, 1.54) is 6.33 Å². The Morgan fingerprint density at radius 2 is 2.00 bits per heavy atom. The molecule has 0 unspecified atom stereocenters. The van der Waals surface area contributed by atoms with E-state index in [2.05, 4.69) is 25.4 Å². The Kier molecular flexibility index (Phi) is 3.95. The van der Waals surface area contributed by atoms with Crippen molar-refractivity contribution >= 4 is 5.82 Å². The molecule has 0 amide bonds. The normalized spacial score (nSPS) is 11.9. The van der Waals surface area contributed by atoms with Crippen molar-refractivity contribution in [3.63, 3.8) is 0 Å². The number of rotatable bonds is 5. The maximum atomic E-state index is 5.31. The van der Waals surface area contributed by atoms with E-state index < -0.39 is 0 Å². The van der Waals surface area contributed by atoms with Gasteiger partial charge in [-0.3, -0.25) is 0 Å². The maximum Gasteiger partial charge on any atom is 0.249 e. The fourth-order valence-electron chi connectivity index (χ4n) is 1.93. The van der Waals surface area contributed by atoms with Gasteiger partial charge in [-0.2, -0.15) is 4.98 Å². The first-order chi connectivity index (χ1) is 10.8. The number of methoxy groups -OCH3 is 1. The van der Waals surface area contributed by atoms with Gasteiger partial charge in [0.1, 0.15) is 23.9 Å². The molecule has 22 heavy (non-hydrogen) atoms. The maximum absolute atomic E-state index is 5.31. The highest BCUT2D eigenvalue weighted by molar-refractivity contribution is 5.55. The van der Waals surface area contributed by atoms with Gasteiger partial charge in [-0.05, 0) is 37.3 Å². The molecule has 112 valence electrons. The Morgan fingerprint density at radius 3 is 2.68 bits per heavy atom. The van der Waals surface area contributed by atoms with Crippen LogP contribution in [0, 0.1) is 0 Å². The van der Waals surface area contributed by atoms with E-state index in [0.717, 1.165) is 11.3 Å². The summed E-state index contributed by atoms with van der Waals surface area (Å²) < 4.78 is 10.4. The van der Waals surface area contributed by atoms with Crippen LogP contribution in [0.15, 0.2) is 47.4 Å². The first-order valence-electron chi connectivity index (χ1n) is 6.77. The molecule has 0 radical (unpaired) electrons. The van der Waals surface area contributed by atoms with E-state index in [-0.39, 0.29) is 6.04 Å². The monoisotopic (exact) mass is 297 g/mol. The second kappa shape index (κ2) is 6.21. The van der Waals surface area contributed by atoms with Crippen molar-refractivity contribution < 1.29 is 9.26 Å². The van der Waals surface area contributed by atoms with E-state index >= 15 is 0 Å². The molecule has 2 heterocycles. The van der Waals surface area contributed by atoms with E-state index in [4.69, 9.17) is 9.26 Å². The van der Waals surface area contributed by atoms with Crippen LogP contribution in [0.3, 0.4) is 0 Å². The second-order valence-corrected chi connectivity index (χ2v) is 4.65. The largest absolute Gasteiger partial charge is 0.497 e. The molecule has 0 saturated carbocycles. The lowest BCUT2D eigenvalue weighted by molar-refractivity contribution is 0.367. The topological polar surface area (TPSA) is 86.0 Å². The van der Waals surface area contributed by atoms with Crippen molar-refractivity contribution in [2.24, 2.45) is 0 Å². The van der Waals surface area contributed by atoms with Crippen LogP contribution in [-0.4, -0.2) is 27.2 Å². The van der Waals surface area contributed by atoms with Gasteiger partial charge in [0.05, 0.1) is 7.11 Å². The zero-order valence-electron chi connectivity index (χ0n) is 12.2. The number of hydrogen-bond donors (Lipinski definition) is 1. The highest BCUT2D eigenvalue weighted by Gasteiger charge is 2.15. The summed E-state index contributed by atoms with van der Waals surface area (Å²) in [6, 6.07) is 9.10. The highest BCUT2D eigenvalue weighted by atomic mass is 16.5. The molecule has 0 fully saturated rings.